The predicted octanol–water partition coefficient (Wildman–Crippen LogP) is 5.55. The fourth-order valence-corrected chi connectivity index (χ4v) is 4.11. The summed E-state index contributed by atoms with van der Waals surface area (Å²) in [6.07, 6.45) is 3.91. The van der Waals surface area contributed by atoms with Crippen molar-refractivity contribution in [3.63, 3.8) is 0 Å². The normalized spacial score (nSPS) is 11.9. The zero-order chi connectivity index (χ0) is 22.9. The molecule has 5 heteroatoms. The van der Waals surface area contributed by atoms with Gasteiger partial charge in [0.1, 0.15) is 11.6 Å². The number of nitrogens with zero attached hydrogens (tertiary/aromatic N) is 2. The zero-order valence-electron chi connectivity index (χ0n) is 19.1. The summed E-state index contributed by atoms with van der Waals surface area (Å²) in [7, 11) is 0. The Balaban J connectivity index is 1.27. The van der Waals surface area contributed by atoms with Gasteiger partial charge in [-0.1, -0.05) is 67.1 Å². The van der Waals surface area contributed by atoms with Crippen LogP contribution in [0.1, 0.15) is 43.6 Å². The molecule has 1 aromatic heterocycles. The number of hydrogen-bond acceptors (Lipinski definition) is 3. The molecule has 0 saturated heterocycles. The Morgan fingerprint density at radius 1 is 0.909 bits per heavy atom. The lowest BCUT2D eigenvalue weighted by Gasteiger charge is -2.18. The van der Waals surface area contributed by atoms with E-state index < -0.39 is 0 Å². The number of aryl methyl sites for hydroxylation is 1. The van der Waals surface area contributed by atoms with Crippen LogP contribution >= 0.6 is 0 Å². The Hall–Kier alpha value is -3.60. The smallest absolute Gasteiger partial charge is 0.257 e. The highest BCUT2D eigenvalue weighted by Gasteiger charge is 2.16. The van der Waals surface area contributed by atoms with Gasteiger partial charge in [0.15, 0.2) is 6.61 Å². The van der Waals surface area contributed by atoms with E-state index in [1.54, 1.807) is 0 Å². The highest BCUT2D eigenvalue weighted by molar-refractivity contribution is 5.77. The maximum atomic E-state index is 12.0. The van der Waals surface area contributed by atoms with E-state index in [4.69, 9.17) is 9.72 Å². The molecule has 1 atom stereocenters. The lowest BCUT2D eigenvalue weighted by molar-refractivity contribution is -0.123. The van der Waals surface area contributed by atoms with E-state index in [0.29, 0.717) is 12.3 Å². The van der Waals surface area contributed by atoms with E-state index >= 15 is 0 Å². The molecule has 4 aromatic rings. The third-order valence-electron chi connectivity index (χ3n) is 5.85. The summed E-state index contributed by atoms with van der Waals surface area (Å²) in [4.78, 5) is 16.9. The molecule has 1 heterocycles. The second-order valence-electron chi connectivity index (χ2n) is 8.24. The Morgan fingerprint density at radius 2 is 1.61 bits per heavy atom. The van der Waals surface area contributed by atoms with E-state index in [9.17, 15) is 4.79 Å². The number of rotatable bonds is 11. The number of carbonyl (C=O) groups is 1. The number of amides is 1. The van der Waals surface area contributed by atoms with Gasteiger partial charge in [-0.25, -0.2) is 4.98 Å². The molecule has 33 heavy (non-hydrogen) atoms. The summed E-state index contributed by atoms with van der Waals surface area (Å²) < 4.78 is 7.85. The first-order chi connectivity index (χ1) is 16.2. The minimum absolute atomic E-state index is 0.0470. The van der Waals surface area contributed by atoms with Gasteiger partial charge >= 0.3 is 0 Å². The molecule has 4 rings (SSSR count). The number of carbonyl (C=O) groups excluding carboxylic acids is 1. The predicted molar refractivity (Wildman–Crippen MR) is 132 cm³/mol. The van der Waals surface area contributed by atoms with Crippen molar-refractivity contribution < 1.29 is 9.53 Å². The fourth-order valence-electron chi connectivity index (χ4n) is 4.11. The standard InChI is InChI=1S/C28H31N3O2/c1-22(23-13-5-2-6-14-23)31-26-18-11-10-17-25(26)30-27(31)19-9-4-12-20-29-28(32)21-33-24-15-7-3-8-16-24/h2-3,5-8,10-11,13-18,22H,4,9,12,19-21H2,1H3,(H,29,32). The molecule has 0 fully saturated rings. The van der Waals surface area contributed by atoms with E-state index in [-0.39, 0.29) is 18.6 Å². The molecule has 0 spiro atoms. The number of ether oxygens (including phenoxy) is 1. The average Bonchev–Trinajstić information content (AvgIpc) is 3.23. The van der Waals surface area contributed by atoms with E-state index in [1.165, 1.54) is 11.1 Å². The van der Waals surface area contributed by atoms with Gasteiger partial charge in [-0.3, -0.25) is 4.79 Å². The first-order valence-electron chi connectivity index (χ1n) is 11.7. The molecule has 170 valence electrons. The Kier molecular flexibility index (Phi) is 7.75. The molecular formula is C28H31N3O2. The van der Waals surface area contributed by atoms with Crippen LogP contribution in [0, 0.1) is 0 Å². The maximum absolute atomic E-state index is 12.0. The molecule has 0 bridgehead atoms. The van der Waals surface area contributed by atoms with E-state index in [2.05, 4.69) is 65.3 Å². The van der Waals surface area contributed by atoms with Crippen LogP contribution in [-0.2, 0) is 11.2 Å². The largest absolute Gasteiger partial charge is 0.484 e. The van der Waals surface area contributed by atoms with Crippen molar-refractivity contribution >= 4 is 16.9 Å². The van der Waals surface area contributed by atoms with Crippen LogP contribution in [-0.4, -0.2) is 28.6 Å². The monoisotopic (exact) mass is 441 g/mol. The molecule has 1 amide bonds. The molecule has 1 unspecified atom stereocenters. The Bertz CT molecular complexity index is 1160. The lowest BCUT2D eigenvalue weighted by Crippen LogP contribution is -2.29. The topological polar surface area (TPSA) is 56.2 Å². The first-order valence-corrected chi connectivity index (χ1v) is 11.7. The molecule has 0 saturated carbocycles. The summed E-state index contributed by atoms with van der Waals surface area (Å²) in [6, 6.07) is 28.5. The van der Waals surface area contributed by atoms with Gasteiger partial charge < -0.3 is 14.6 Å². The van der Waals surface area contributed by atoms with Gasteiger partial charge in [-0.05, 0) is 49.6 Å². The van der Waals surface area contributed by atoms with Gasteiger partial charge in [0.25, 0.3) is 5.91 Å². The number of aromatic nitrogens is 2. The average molecular weight is 442 g/mol. The summed E-state index contributed by atoms with van der Waals surface area (Å²) in [5, 5.41) is 2.94. The number of imidazole rings is 1. The number of hydrogen-bond donors (Lipinski definition) is 1. The van der Waals surface area contributed by atoms with E-state index in [1.807, 2.05) is 36.4 Å². The van der Waals surface area contributed by atoms with Crippen LogP contribution in [0.15, 0.2) is 84.9 Å². The summed E-state index contributed by atoms with van der Waals surface area (Å²) >= 11 is 0. The van der Waals surface area contributed by atoms with Crippen LogP contribution in [0.2, 0.25) is 0 Å². The number of para-hydroxylation sites is 3. The highest BCUT2D eigenvalue weighted by atomic mass is 16.5. The number of benzene rings is 3. The van der Waals surface area contributed by atoms with Crippen molar-refractivity contribution in [2.45, 2.75) is 38.6 Å². The third-order valence-corrected chi connectivity index (χ3v) is 5.85. The van der Waals surface area contributed by atoms with Gasteiger partial charge in [-0.15, -0.1) is 0 Å². The summed E-state index contributed by atoms with van der Waals surface area (Å²) in [5.41, 5.74) is 3.50. The number of fused-ring (bicyclic) bond motifs is 1. The van der Waals surface area contributed by atoms with Gasteiger partial charge in [0, 0.05) is 13.0 Å². The van der Waals surface area contributed by atoms with Crippen molar-refractivity contribution in [1.82, 2.24) is 14.9 Å². The van der Waals surface area contributed by atoms with Crippen LogP contribution in [0.3, 0.4) is 0 Å². The lowest BCUT2D eigenvalue weighted by atomic mass is 10.1. The first kappa shape index (κ1) is 22.6. The SMILES string of the molecule is CC(c1ccccc1)n1c(CCCCCNC(=O)COc2ccccc2)nc2ccccc21. The second kappa shape index (κ2) is 11.3. The number of unbranched alkanes of at least 4 members (excludes halogenated alkanes) is 2. The molecule has 0 aliphatic carbocycles. The second-order valence-corrected chi connectivity index (χ2v) is 8.24. The third kappa shape index (κ3) is 6.01. The van der Waals surface area contributed by atoms with Crippen molar-refractivity contribution in [3.05, 3.63) is 96.3 Å². The fraction of sp³-hybridized carbons (Fsp3) is 0.286. The van der Waals surface area contributed by atoms with Crippen molar-refractivity contribution in [2.75, 3.05) is 13.2 Å². The minimum Gasteiger partial charge on any atom is -0.484 e. The van der Waals surface area contributed by atoms with Crippen LogP contribution in [0.4, 0.5) is 0 Å². The molecule has 1 N–H and O–H groups in total. The van der Waals surface area contributed by atoms with E-state index in [0.717, 1.165) is 37.0 Å². The molecular weight excluding hydrogens is 410 g/mol. The highest BCUT2D eigenvalue weighted by Crippen LogP contribution is 2.26. The van der Waals surface area contributed by atoms with Gasteiger partial charge in [-0.2, -0.15) is 0 Å². The minimum atomic E-state index is -0.0858. The molecule has 5 nitrogen and oxygen atoms in total. The molecule has 0 radical (unpaired) electrons. The van der Waals surface area contributed by atoms with Crippen LogP contribution in [0.5, 0.6) is 5.75 Å². The Morgan fingerprint density at radius 3 is 2.39 bits per heavy atom. The van der Waals surface area contributed by atoms with Crippen LogP contribution in [0.25, 0.3) is 11.0 Å². The number of nitrogens with one attached hydrogen (secondary N) is 1. The summed E-state index contributed by atoms with van der Waals surface area (Å²) in [6.45, 7) is 2.94. The van der Waals surface area contributed by atoms with Crippen molar-refractivity contribution in [3.8, 4) is 5.75 Å². The molecule has 0 aliphatic heterocycles. The van der Waals surface area contributed by atoms with Crippen molar-refractivity contribution in [2.24, 2.45) is 0 Å². The zero-order valence-corrected chi connectivity index (χ0v) is 19.1. The quantitative estimate of drug-likeness (QED) is 0.310. The summed E-state index contributed by atoms with van der Waals surface area (Å²) in [5.74, 6) is 1.74. The van der Waals surface area contributed by atoms with Crippen LogP contribution < -0.4 is 10.1 Å². The van der Waals surface area contributed by atoms with Crippen molar-refractivity contribution in [1.29, 1.82) is 0 Å². The van der Waals surface area contributed by atoms with Gasteiger partial charge in [0.2, 0.25) is 0 Å². The maximum Gasteiger partial charge on any atom is 0.257 e. The molecule has 0 aliphatic rings. The Labute approximate surface area is 195 Å². The molecule has 3 aromatic carbocycles. The van der Waals surface area contributed by atoms with Gasteiger partial charge in [0.05, 0.1) is 17.1 Å².